The molecule has 6 heterocycles. The Hall–Kier alpha value is -14.9. The zero-order valence-electron chi connectivity index (χ0n) is 74.4. The first kappa shape index (κ1) is 98.3. The number of ketones is 3. The van der Waals surface area contributed by atoms with E-state index in [0.29, 0.717) is 132 Å². The van der Waals surface area contributed by atoms with Crippen molar-refractivity contribution in [3.8, 4) is 34.5 Å². The summed E-state index contributed by atoms with van der Waals surface area (Å²) in [6, 6.07) is 42.3. The highest BCUT2D eigenvalue weighted by Gasteiger charge is 2.27. The first-order chi connectivity index (χ1) is 63.1. The van der Waals surface area contributed by atoms with Gasteiger partial charge in [0.15, 0.2) is 17.3 Å². The fourth-order valence-electron chi connectivity index (χ4n) is 13.6. The molecule has 0 fully saturated rings. The monoisotopic (exact) mass is 2000 g/mol. The molecule has 6 aromatic heterocycles. The number of ether oxygens (including phenoxy) is 11. The van der Waals surface area contributed by atoms with Crippen molar-refractivity contribution in [1.82, 2.24) is 60.4 Å². The van der Waals surface area contributed by atoms with Gasteiger partial charge in [0, 0.05) is 37.0 Å². The SMILES string of the molecule is CCOC(=O)c1ccc2c(c(/C=C/c3cccc(C(C)=O)c3)nn2C)c1OC.CCOC(=O)c1ccc2c(c(I)nn2C)c1OC.CCOC(=O)c1ccc2n[nH]c(/C=C/c3cccc(C(C)=O)c3)c2c1OC.CCOC(=O)c1ccc2n[nH]c(I)c2c1OC.CCOC(=O)c1ccc2n[nH]cc2c1OC.COc1c(C(=O)O)ccc2n[nH]c(/C=C/c3cccc(C(C)=O)c3)c12. The third kappa shape index (κ3) is 23.2. The lowest BCUT2D eigenvalue weighted by molar-refractivity contribution is 0.0513. The van der Waals surface area contributed by atoms with E-state index in [1.807, 2.05) is 105 Å². The number of aryl methyl sites for hydroxylation is 2. The van der Waals surface area contributed by atoms with Gasteiger partial charge in [-0.2, -0.15) is 30.6 Å². The number of carbonyl (C=O) groups excluding carboxylic acids is 8. The number of carbonyl (C=O) groups is 9. The summed E-state index contributed by atoms with van der Waals surface area (Å²) in [7, 11) is 12.7. The summed E-state index contributed by atoms with van der Waals surface area (Å²) in [5, 5.41) is 50.6. The van der Waals surface area contributed by atoms with Gasteiger partial charge in [0.05, 0.1) is 158 Å². The van der Waals surface area contributed by atoms with Crippen molar-refractivity contribution in [1.29, 1.82) is 0 Å². The van der Waals surface area contributed by atoms with E-state index in [-0.39, 0.29) is 59.8 Å². The molecule has 35 heteroatoms. The zero-order chi connectivity index (χ0) is 94.9. The number of hydrogen-bond acceptors (Lipinski definition) is 26. The second kappa shape index (κ2) is 46.2. The minimum atomic E-state index is -1.07. The predicted octanol–water partition coefficient (Wildman–Crippen LogP) is 18.4. The average Bonchev–Trinajstić information content (AvgIpc) is 1.62. The van der Waals surface area contributed by atoms with E-state index in [0.717, 1.165) is 67.7 Å². The molecular weight excluding hydrogens is 1910 g/mol. The van der Waals surface area contributed by atoms with Gasteiger partial charge in [0.2, 0.25) is 0 Å². The van der Waals surface area contributed by atoms with Gasteiger partial charge in [0.25, 0.3) is 0 Å². The summed E-state index contributed by atoms with van der Waals surface area (Å²) in [4.78, 5) is 106. The Bertz CT molecular complexity index is 6870. The third-order valence-electron chi connectivity index (χ3n) is 19.7. The molecule has 33 nitrogen and oxygen atoms in total. The van der Waals surface area contributed by atoms with E-state index in [4.69, 9.17) is 52.1 Å². The Balaban J connectivity index is 0.000000165. The molecule has 131 heavy (non-hydrogen) atoms. The molecule has 15 aromatic rings. The summed E-state index contributed by atoms with van der Waals surface area (Å²) in [6.07, 6.45) is 12.7. The molecule has 15 rings (SSSR count). The van der Waals surface area contributed by atoms with Gasteiger partial charge in [-0.15, -0.1) is 0 Å². The number of carboxylic acid groups (broad SMARTS) is 1. The molecule has 678 valence electrons. The molecule has 0 aliphatic rings. The van der Waals surface area contributed by atoms with Crippen LogP contribution in [0, 0.1) is 7.40 Å². The Morgan fingerprint density at radius 1 is 0.366 bits per heavy atom. The molecule has 0 unspecified atom stereocenters. The molecule has 0 amide bonds. The number of esters is 5. The van der Waals surface area contributed by atoms with Crippen molar-refractivity contribution in [2.45, 2.75) is 55.4 Å². The molecule has 0 bridgehead atoms. The van der Waals surface area contributed by atoms with Crippen molar-refractivity contribution in [2.24, 2.45) is 14.1 Å². The number of fused-ring (bicyclic) bond motifs is 6. The number of halogens is 2. The lowest BCUT2D eigenvalue weighted by Gasteiger charge is -2.09. The number of Topliss-reactive ketones (excluding diaryl/α,β-unsaturated/α-hetero) is 3. The number of aromatic amines is 4. The lowest BCUT2D eigenvalue weighted by Crippen LogP contribution is -2.07. The average molecular weight is 2010 g/mol. The Morgan fingerprint density at radius 3 is 1.09 bits per heavy atom. The van der Waals surface area contributed by atoms with Crippen LogP contribution in [-0.4, -0.2) is 194 Å². The summed E-state index contributed by atoms with van der Waals surface area (Å²) in [6.45, 7) is 15.0. The van der Waals surface area contributed by atoms with Crippen molar-refractivity contribution in [2.75, 3.05) is 75.7 Å². The number of benzene rings is 9. The third-order valence-corrected chi connectivity index (χ3v) is 21.2. The second-order valence-corrected chi connectivity index (χ2v) is 30.0. The van der Waals surface area contributed by atoms with Gasteiger partial charge in [-0.05, 0) is 226 Å². The highest BCUT2D eigenvalue weighted by atomic mass is 127. The number of carboxylic acids is 1. The van der Waals surface area contributed by atoms with Crippen LogP contribution in [0.25, 0.3) is 102 Å². The van der Waals surface area contributed by atoms with E-state index >= 15 is 0 Å². The highest BCUT2D eigenvalue weighted by molar-refractivity contribution is 14.1. The second-order valence-electron chi connectivity index (χ2n) is 27.9. The number of nitrogens with one attached hydrogen (secondary N) is 4. The predicted molar refractivity (Wildman–Crippen MR) is 513 cm³/mol. The number of H-pyrrole nitrogens is 4. The normalized spacial score (nSPS) is 10.9. The quantitative estimate of drug-likeness (QED) is 0.0145. The van der Waals surface area contributed by atoms with Gasteiger partial charge >= 0.3 is 35.8 Å². The maximum Gasteiger partial charge on any atom is 0.341 e. The summed E-state index contributed by atoms with van der Waals surface area (Å²) < 4.78 is 62.5. The Labute approximate surface area is 778 Å². The van der Waals surface area contributed by atoms with Crippen LogP contribution in [0.3, 0.4) is 0 Å². The number of nitrogens with zero attached hydrogens (tertiary/aromatic N) is 8. The van der Waals surface area contributed by atoms with Crippen molar-refractivity contribution in [3.63, 3.8) is 0 Å². The van der Waals surface area contributed by atoms with Crippen LogP contribution in [0.5, 0.6) is 34.5 Å². The molecule has 0 atom stereocenters. The molecule has 0 radical (unpaired) electrons. The largest absolute Gasteiger partial charge is 0.495 e. The van der Waals surface area contributed by atoms with E-state index in [9.17, 15) is 48.3 Å². The summed E-state index contributed by atoms with van der Waals surface area (Å²) in [5.74, 6) is -0.463. The van der Waals surface area contributed by atoms with Gasteiger partial charge in [-0.1, -0.05) is 72.8 Å². The highest BCUT2D eigenvalue weighted by Crippen LogP contribution is 2.39. The van der Waals surface area contributed by atoms with Crippen molar-refractivity contribution < 1.29 is 100 Å². The standard InChI is InChI=1S/C22H22N2O4.C21H20N2O4.C19H16N2O4.C12H13IN2O3.C11H11IN2O3.C11H12N2O3/c1-5-28-22(26)17-10-12-19-20(21(17)27-4)18(23-24(19)3)11-9-15-7-6-8-16(13-15)14(2)25;1-4-27-21(25)16-9-11-18-19(20(16)26-3)17(22-23-18)10-8-14-6-5-7-15(12-14)13(2)24;1-11(22)13-5-3-4-12(10-13)6-8-15-17-16(21-20-15)9-7-14(19(23)24)18(17)25-2;1-4-18-12(16)7-5-6-8-9(10(7)17-3)11(13)14-15(8)2;1-3-17-11(15)6-4-5-7-8(9(6)16-2)10(12)14-13-7;1-3-16-11(14)7-4-5-9-8(6-12-13-9)10(7)15-2/h6-13H,5H2,1-4H3;5-12H,4H2,1-3H3,(H,22,23);3-10H,1-2H3,(H,20,21)(H,23,24);5-6H,4H2,1-3H3;4-5H,3H2,1-2H3,(H,13,14);4-6H,3H2,1-2H3,(H,12,13)/b11-9+;10-8+;8-6+;;;. The molecule has 0 aliphatic heterocycles. The van der Waals surface area contributed by atoms with Crippen LogP contribution in [0.2, 0.25) is 0 Å². The molecule has 0 aliphatic carbocycles. The number of aromatic carboxylic acids is 1. The van der Waals surface area contributed by atoms with Crippen molar-refractivity contribution in [3.05, 3.63) is 243 Å². The molecule has 9 aromatic carbocycles. The van der Waals surface area contributed by atoms with Crippen LogP contribution < -0.4 is 28.4 Å². The summed E-state index contributed by atoms with van der Waals surface area (Å²) >= 11 is 4.24. The van der Waals surface area contributed by atoms with Crippen LogP contribution >= 0.6 is 45.2 Å². The van der Waals surface area contributed by atoms with Gasteiger partial charge < -0.3 is 57.2 Å². The van der Waals surface area contributed by atoms with Crippen LogP contribution in [0.4, 0.5) is 0 Å². The number of methoxy groups -OCH3 is 6. The summed E-state index contributed by atoms with van der Waals surface area (Å²) in [5.41, 5.74) is 13.1. The van der Waals surface area contributed by atoms with E-state index in [2.05, 4.69) is 96.2 Å². The Kier molecular flexibility index (Phi) is 34.7. The van der Waals surface area contributed by atoms with Crippen LogP contribution in [0.15, 0.2) is 152 Å². The molecule has 5 N–H and O–H groups in total. The van der Waals surface area contributed by atoms with Gasteiger partial charge in [0.1, 0.15) is 75.3 Å². The van der Waals surface area contributed by atoms with E-state index in [1.165, 1.54) is 62.4 Å². The molecule has 0 spiro atoms. The zero-order valence-corrected chi connectivity index (χ0v) is 78.7. The maximum atomic E-state index is 12.3. The smallest absolute Gasteiger partial charge is 0.341 e. The number of rotatable bonds is 26. The molecule has 0 saturated heterocycles. The van der Waals surface area contributed by atoms with Crippen LogP contribution in [0.1, 0.15) is 182 Å². The van der Waals surface area contributed by atoms with E-state index in [1.54, 1.807) is 142 Å². The van der Waals surface area contributed by atoms with Gasteiger partial charge in [-0.25, -0.2) is 28.8 Å². The topological polar surface area (TPSA) is 426 Å². The lowest BCUT2D eigenvalue weighted by atomic mass is 10.1. The first-order valence-corrected chi connectivity index (χ1v) is 42.7. The number of aromatic nitrogens is 12. The van der Waals surface area contributed by atoms with Crippen molar-refractivity contribution >= 4 is 200 Å². The molecular formula is C96H94I2N12O21. The minimum Gasteiger partial charge on any atom is -0.495 e. The van der Waals surface area contributed by atoms with E-state index < -0.39 is 17.9 Å². The Morgan fingerprint density at radius 2 is 0.695 bits per heavy atom. The fourth-order valence-corrected chi connectivity index (χ4v) is 15.1. The number of hydrogen-bond donors (Lipinski definition) is 5. The van der Waals surface area contributed by atoms with Crippen LogP contribution in [-0.2, 0) is 37.8 Å². The minimum absolute atomic E-state index is 0.00462. The van der Waals surface area contributed by atoms with Gasteiger partial charge in [-0.3, -0.25) is 44.1 Å². The fraction of sp³-hybridized carbons (Fsp3) is 0.219. The maximum absolute atomic E-state index is 12.3. The first-order valence-electron chi connectivity index (χ1n) is 40.6. The molecule has 0 saturated carbocycles.